The molecule has 0 aromatic rings. The van der Waals surface area contributed by atoms with Crippen molar-refractivity contribution in [3.05, 3.63) is 0 Å². The van der Waals surface area contributed by atoms with Crippen molar-refractivity contribution in [1.82, 2.24) is 25.3 Å². The second kappa shape index (κ2) is 10.9. The van der Waals surface area contributed by atoms with Crippen LogP contribution in [0.15, 0.2) is 4.99 Å². The van der Waals surface area contributed by atoms with Gasteiger partial charge in [0.1, 0.15) is 0 Å². The normalized spacial score (nSPS) is 19.3. The van der Waals surface area contributed by atoms with Crippen molar-refractivity contribution in [2.75, 3.05) is 52.9 Å². The Balaban J connectivity index is 1.65. The molecule has 1 aliphatic heterocycles. The number of aliphatic imine (C=N–C) groups is 1. The second-order valence-corrected chi connectivity index (χ2v) is 8.36. The Labute approximate surface area is 165 Å². The number of rotatable bonds is 9. The van der Waals surface area contributed by atoms with Gasteiger partial charge in [-0.2, -0.15) is 0 Å². The number of carbonyl (C=O) groups is 1. The van der Waals surface area contributed by atoms with E-state index < -0.39 is 0 Å². The SMILES string of the molecule is CN=C(NCCCN(C(C)C)C(C)C)N1CCN(CC(=O)NC2CC2)CC1. The highest BCUT2D eigenvalue weighted by atomic mass is 16.2. The molecule has 156 valence electrons. The first-order valence-corrected chi connectivity index (χ1v) is 10.6. The van der Waals surface area contributed by atoms with Gasteiger partial charge in [-0.05, 0) is 47.0 Å². The van der Waals surface area contributed by atoms with Gasteiger partial charge >= 0.3 is 0 Å². The fourth-order valence-electron chi connectivity index (χ4n) is 3.73. The fourth-order valence-corrected chi connectivity index (χ4v) is 3.73. The Hall–Kier alpha value is -1.34. The van der Waals surface area contributed by atoms with Gasteiger partial charge in [0, 0.05) is 64.4 Å². The summed E-state index contributed by atoms with van der Waals surface area (Å²) in [6.45, 7) is 15.3. The number of hydrogen-bond donors (Lipinski definition) is 2. The van der Waals surface area contributed by atoms with E-state index in [1.54, 1.807) is 0 Å². The molecule has 2 fully saturated rings. The van der Waals surface area contributed by atoms with Crippen LogP contribution in [0.2, 0.25) is 0 Å². The maximum Gasteiger partial charge on any atom is 0.234 e. The van der Waals surface area contributed by atoms with E-state index in [9.17, 15) is 4.79 Å². The molecule has 1 heterocycles. The molecule has 0 spiro atoms. The first-order chi connectivity index (χ1) is 12.9. The van der Waals surface area contributed by atoms with Crippen LogP contribution in [-0.2, 0) is 4.79 Å². The minimum absolute atomic E-state index is 0.174. The standard InChI is InChI=1S/C20H40N6O/c1-16(2)26(17(3)4)10-6-9-22-20(21-5)25-13-11-24(12-14-25)15-19(27)23-18-7-8-18/h16-18H,6-15H2,1-5H3,(H,21,22)(H,23,27). The Morgan fingerprint density at radius 1 is 1.11 bits per heavy atom. The summed E-state index contributed by atoms with van der Waals surface area (Å²) in [5, 5.41) is 6.58. The summed E-state index contributed by atoms with van der Waals surface area (Å²) in [5.41, 5.74) is 0. The molecule has 7 nitrogen and oxygen atoms in total. The Morgan fingerprint density at radius 2 is 1.74 bits per heavy atom. The smallest absolute Gasteiger partial charge is 0.234 e. The van der Waals surface area contributed by atoms with Gasteiger partial charge in [-0.25, -0.2) is 0 Å². The van der Waals surface area contributed by atoms with Crippen molar-refractivity contribution in [3.8, 4) is 0 Å². The zero-order valence-corrected chi connectivity index (χ0v) is 18.0. The van der Waals surface area contributed by atoms with Gasteiger partial charge in [0.05, 0.1) is 6.54 Å². The quantitative estimate of drug-likeness (QED) is 0.355. The van der Waals surface area contributed by atoms with Gasteiger partial charge < -0.3 is 15.5 Å². The molecule has 0 aromatic carbocycles. The predicted octanol–water partition coefficient (Wildman–Crippen LogP) is 0.967. The van der Waals surface area contributed by atoms with Crippen molar-refractivity contribution < 1.29 is 4.79 Å². The fraction of sp³-hybridized carbons (Fsp3) is 0.900. The lowest BCUT2D eigenvalue weighted by atomic mass is 10.2. The number of hydrogen-bond acceptors (Lipinski definition) is 4. The summed E-state index contributed by atoms with van der Waals surface area (Å²) < 4.78 is 0. The van der Waals surface area contributed by atoms with Crippen LogP contribution in [0.1, 0.15) is 47.0 Å². The van der Waals surface area contributed by atoms with Crippen LogP contribution < -0.4 is 10.6 Å². The second-order valence-electron chi connectivity index (χ2n) is 8.36. The molecule has 27 heavy (non-hydrogen) atoms. The molecule has 7 heteroatoms. The number of amides is 1. The average Bonchev–Trinajstić information content (AvgIpc) is 3.42. The minimum atomic E-state index is 0.174. The van der Waals surface area contributed by atoms with Crippen LogP contribution in [-0.4, -0.2) is 97.6 Å². The lowest BCUT2D eigenvalue weighted by Gasteiger charge is -2.36. The predicted molar refractivity (Wildman–Crippen MR) is 112 cm³/mol. The molecule has 1 saturated carbocycles. The van der Waals surface area contributed by atoms with Crippen LogP contribution >= 0.6 is 0 Å². The van der Waals surface area contributed by atoms with Crippen molar-refractivity contribution >= 4 is 11.9 Å². The van der Waals surface area contributed by atoms with E-state index in [2.05, 4.69) is 58.0 Å². The van der Waals surface area contributed by atoms with E-state index >= 15 is 0 Å². The van der Waals surface area contributed by atoms with Crippen molar-refractivity contribution in [2.45, 2.75) is 65.1 Å². The monoisotopic (exact) mass is 380 g/mol. The van der Waals surface area contributed by atoms with Crippen LogP contribution in [0.4, 0.5) is 0 Å². The summed E-state index contributed by atoms with van der Waals surface area (Å²) in [7, 11) is 1.85. The summed E-state index contributed by atoms with van der Waals surface area (Å²) in [4.78, 5) is 23.5. The molecule has 0 aromatic heterocycles. The Kier molecular flexibility index (Phi) is 8.83. The highest BCUT2D eigenvalue weighted by molar-refractivity contribution is 5.80. The molecule has 2 rings (SSSR count). The lowest BCUT2D eigenvalue weighted by molar-refractivity contribution is -0.122. The van der Waals surface area contributed by atoms with Crippen LogP contribution in [0.5, 0.6) is 0 Å². The van der Waals surface area contributed by atoms with E-state index in [0.717, 1.165) is 64.5 Å². The molecule has 1 aliphatic carbocycles. The van der Waals surface area contributed by atoms with Gasteiger partial charge in [-0.3, -0.25) is 19.6 Å². The zero-order valence-electron chi connectivity index (χ0n) is 18.0. The third-order valence-electron chi connectivity index (χ3n) is 5.40. The van der Waals surface area contributed by atoms with E-state index in [0.29, 0.717) is 24.7 Å². The molecule has 1 amide bonds. The van der Waals surface area contributed by atoms with Gasteiger partial charge in [0.2, 0.25) is 5.91 Å². The maximum atomic E-state index is 12.0. The maximum absolute atomic E-state index is 12.0. The zero-order chi connectivity index (χ0) is 19.8. The number of nitrogens with one attached hydrogen (secondary N) is 2. The van der Waals surface area contributed by atoms with E-state index in [1.165, 1.54) is 0 Å². The first-order valence-electron chi connectivity index (χ1n) is 10.6. The molecule has 2 aliphatic rings. The van der Waals surface area contributed by atoms with Gasteiger partial charge in [-0.15, -0.1) is 0 Å². The van der Waals surface area contributed by atoms with Gasteiger partial charge in [0.15, 0.2) is 5.96 Å². The average molecular weight is 381 g/mol. The number of nitrogens with zero attached hydrogens (tertiary/aromatic N) is 4. The third kappa shape index (κ3) is 7.66. The van der Waals surface area contributed by atoms with E-state index in [4.69, 9.17) is 0 Å². The summed E-state index contributed by atoms with van der Waals surface area (Å²) in [6.07, 6.45) is 3.40. The first kappa shape index (κ1) is 22.0. The van der Waals surface area contributed by atoms with Crippen LogP contribution in [0.3, 0.4) is 0 Å². The lowest BCUT2D eigenvalue weighted by Crippen LogP contribution is -2.54. The Morgan fingerprint density at radius 3 is 2.26 bits per heavy atom. The number of piperazine rings is 1. The molecular formula is C20H40N6O. The van der Waals surface area contributed by atoms with Crippen LogP contribution in [0.25, 0.3) is 0 Å². The molecule has 2 N–H and O–H groups in total. The molecule has 1 saturated heterocycles. The summed E-state index contributed by atoms with van der Waals surface area (Å²) in [6, 6.07) is 1.60. The van der Waals surface area contributed by atoms with Crippen molar-refractivity contribution in [3.63, 3.8) is 0 Å². The molecule has 0 radical (unpaired) electrons. The number of guanidine groups is 1. The van der Waals surface area contributed by atoms with Crippen LogP contribution in [0, 0.1) is 0 Å². The molecule has 0 bridgehead atoms. The molecule has 0 unspecified atom stereocenters. The largest absolute Gasteiger partial charge is 0.356 e. The van der Waals surface area contributed by atoms with E-state index in [1.807, 2.05) is 7.05 Å². The highest BCUT2D eigenvalue weighted by Crippen LogP contribution is 2.18. The summed E-state index contributed by atoms with van der Waals surface area (Å²) in [5.74, 6) is 1.16. The molecular weight excluding hydrogens is 340 g/mol. The van der Waals surface area contributed by atoms with Gasteiger partial charge in [0.25, 0.3) is 0 Å². The third-order valence-corrected chi connectivity index (χ3v) is 5.40. The van der Waals surface area contributed by atoms with E-state index in [-0.39, 0.29) is 5.91 Å². The summed E-state index contributed by atoms with van der Waals surface area (Å²) >= 11 is 0. The van der Waals surface area contributed by atoms with Gasteiger partial charge in [-0.1, -0.05) is 0 Å². The van der Waals surface area contributed by atoms with Crippen molar-refractivity contribution in [2.24, 2.45) is 4.99 Å². The topological polar surface area (TPSA) is 63.2 Å². The number of carbonyl (C=O) groups excluding carboxylic acids is 1. The Bertz CT molecular complexity index is 473. The van der Waals surface area contributed by atoms with Crippen molar-refractivity contribution in [1.29, 1.82) is 0 Å². The highest BCUT2D eigenvalue weighted by Gasteiger charge is 2.25. The molecule has 0 atom stereocenters. The minimum Gasteiger partial charge on any atom is -0.356 e.